The Morgan fingerprint density at radius 1 is 1.08 bits per heavy atom. The van der Waals surface area contributed by atoms with E-state index in [9.17, 15) is 36.2 Å². The fraction of sp³-hybridized carbons (Fsp3) is 0.143. The number of carbonyl (C=O) groups excluding carboxylic acids is 1. The summed E-state index contributed by atoms with van der Waals surface area (Å²) in [7, 11) is 0. The van der Waals surface area contributed by atoms with E-state index in [1.165, 1.54) is 0 Å². The third-order valence-electron chi connectivity index (χ3n) is 2.75. The second kappa shape index (κ2) is 6.90. The number of nitrogens with zero attached hydrogens (tertiary/aromatic N) is 1. The van der Waals surface area contributed by atoms with Gasteiger partial charge in [-0.15, -0.1) is 13.2 Å². The van der Waals surface area contributed by atoms with Crippen molar-refractivity contribution in [3.05, 3.63) is 41.7 Å². The van der Waals surface area contributed by atoms with E-state index in [2.05, 4.69) is 9.72 Å². The molecule has 0 spiro atoms. The number of benzene rings is 1. The van der Waals surface area contributed by atoms with Crippen LogP contribution in [0.5, 0.6) is 23.0 Å². The van der Waals surface area contributed by atoms with Crippen LogP contribution in [0.4, 0.5) is 26.3 Å². The zero-order chi connectivity index (χ0) is 19.7. The first-order valence-corrected chi connectivity index (χ1v) is 6.78. The van der Waals surface area contributed by atoms with Gasteiger partial charge >= 0.3 is 12.5 Å². The van der Waals surface area contributed by atoms with Gasteiger partial charge in [0.05, 0.1) is 5.56 Å². The summed E-state index contributed by atoms with van der Waals surface area (Å²) >= 11 is 5.21. The molecule has 0 saturated heterocycles. The molecule has 0 aliphatic rings. The number of alkyl halides is 6. The SMILES string of the molecule is O=C(Cl)c1ncc(C(F)(F)F)cc1Oc1ccc(OC(F)(F)F)cc1O. The minimum absolute atomic E-state index is 0.350. The van der Waals surface area contributed by atoms with E-state index in [1.807, 2.05) is 0 Å². The molecule has 140 valence electrons. The van der Waals surface area contributed by atoms with Crippen LogP contribution in [0.2, 0.25) is 0 Å². The molecule has 2 rings (SSSR count). The minimum Gasteiger partial charge on any atom is -0.504 e. The Labute approximate surface area is 145 Å². The first-order chi connectivity index (χ1) is 11.9. The van der Waals surface area contributed by atoms with E-state index in [0.717, 1.165) is 12.1 Å². The van der Waals surface area contributed by atoms with E-state index in [1.54, 1.807) is 0 Å². The van der Waals surface area contributed by atoms with Gasteiger partial charge in [-0.1, -0.05) is 0 Å². The highest BCUT2D eigenvalue weighted by Gasteiger charge is 2.33. The first kappa shape index (κ1) is 19.6. The van der Waals surface area contributed by atoms with Crippen molar-refractivity contribution in [3.8, 4) is 23.0 Å². The normalized spacial score (nSPS) is 12.0. The van der Waals surface area contributed by atoms with Crippen molar-refractivity contribution in [3.63, 3.8) is 0 Å². The lowest BCUT2D eigenvalue weighted by molar-refractivity contribution is -0.274. The number of rotatable bonds is 4. The van der Waals surface area contributed by atoms with Gasteiger partial charge in [0.15, 0.2) is 22.9 Å². The van der Waals surface area contributed by atoms with Crippen LogP contribution in [-0.2, 0) is 6.18 Å². The molecule has 1 heterocycles. The molecular weight excluding hydrogens is 396 g/mol. The molecule has 0 amide bonds. The summed E-state index contributed by atoms with van der Waals surface area (Å²) in [6.07, 6.45) is -9.48. The van der Waals surface area contributed by atoms with Crippen LogP contribution in [-0.4, -0.2) is 21.7 Å². The predicted molar refractivity (Wildman–Crippen MR) is 74.3 cm³/mol. The van der Waals surface area contributed by atoms with E-state index >= 15 is 0 Å². The first-order valence-electron chi connectivity index (χ1n) is 6.40. The van der Waals surface area contributed by atoms with Crippen molar-refractivity contribution in [1.82, 2.24) is 4.98 Å². The van der Waals surface area contributed by atoms with Gasteiger partial charge in [0.1, 0.15) is 5.75 Å². The summed E-state index contributed by atoms with van der Waals surface area (Å²) < 4.78 is 83.1. The third kappa shape index (κ3) is 4.91. The monoisotopic (exact) mass is 401 g/mol. The fourth-order valence-electron chi connectivity index (χ4n) is 1.72. The van der Waals surface area contributed by atoms with Crippen molar-refractivity contribution < 1.29 is 45.7 Å². The molecule has 1 N–H and O–H groups in total. The molecule has 0 aliphatic heterocycles. The standard InChI is InChI=1S/C14H6ClF6NO4/c15-12(24)11-10(3-6(5-22-11)13(16,17)18)25-9-2-1-7(4-8(9)23)26-14(19,20)21/h1-5,23H. The maximum Gasteiger partial charge on any atom is 0.573 e. The molecule has 0 bridgehead atoms. The van der Waals surface area contributed by atoms with Gasteiger partial charge in [0, 0.05) is 12.3 Å². The molecule has 0 saturated carbocycles. The Hall–Kier alpha value is -2.69. The zero-order valence-corrected chi connectivity index (χ0v) is 12.9. The van der Waals surface area contributed by atoms with Crippen molar-refractivity contribution in [2.24, 2.45) is 0 Å². The van der Waals surface area contributed by atoms with Gasteiger partial charge in [0.2, 0.25) is 0 Å². The molecular formula is C14H6ClF6NO4. The molecule has 0 fully saturated rings. The van der Waals surface area contributed by atoms with Gasteiger partial charge in [-0.25, -0.2) is 4.98 Å². The Balaban J connectivity index is 2.39. The number of halogens is 7. The summed E-state index contributed by atoms with van der Waals surface area (Å²) in [5.41, 5.74) is -1.96. The number of phenolic OH excluding ortho intramolecular Hbond substituents is 1. The van der Waals surface area contributed by atoms with Crippen LogP contribution >= 0.6 is 11.6 Å². The number of phenols is 1. The Morgan fingerprint density at radius 3 is 2.23 bits per heavy atom. The lowest BCUT2D eigenvalue weighted by Gasteiger charge is -2.14. The molecule has 1 aromatic heterocycles. The second-order valence-electron chi connectivity index (χ2n) is 4.62. The van der Waals surface area contributed by atoms with Crippen LogP contribution in [0.3, 0.4) is 0 Å². The number of aromatic hydroxyl groups is 1. The van der Waals surface area contributed by atoms with Crippen LogP contribution in [0.25, 0.3) is 0 Å². The Bertz CT molecular complexity index is 837. The summed E-state index contributed by atoms with van der Waals surface area (Å²) in [6.45, 7) is 0. The summed E-state index contributed by atoms with van der Waals surface area (Å²) in [6, 6.07) is 2.46. The maximum atomic E-state index is 12.7. The molecule has 12 heteroatoms. The molecule has 0 aliphatic carbocycles. The van der Waals surface area contributed by atoms with Gasteiger partial charge in [-0.05, 0) is 29.8 Å². The van der Waals surface area contributed by atoms with Gasteiger partial charge in [-0.3, -0.25) is 4.79 Å². The van der Waals surface area contributed by atoms with Crippen molar-refractivity contribution in [2.45, 2.75) is 12.5 Å². The molecule has 1 aromatic carbocycles. The average Bonchev–Trinajstić information content (AvgIpc) is 2.47. The number of aromatic nitrogens is 1. The maximum absolute atomic E-state index is 12.7. The highest BCUT2D eigenvalue weighted by molar-refractivity contribution is 6.67. The highest BCUT2D eigenvalue weighted by Crippen LogP contribution is 2.38. The quantitative estimate of drug-likeness (QED) is 0.584. The Kier molecular flexibility index (Phi) is 5.21. The highest BCUT2D eigenvalue weighted by atomic mass is 35.5. The van der Waals surface area contributed by atoms with Gasteiger partial charge in [0.25, 0.3) is 5.24 Å². The lowest BCUT2D eigenvalue weighted by atomic mass is 10.2. The number of ether oxygens (including phenoxy) is 2. The molecule has 5 nitrogen and oxygen atoms in total. The van der Waals surface area contributed by atoms with Crippen LogP contribution in [0.15, 0.2) is 30.5 Å². The molecule has 2 aromatic rings. The topological polar surface area (TPSA) is 68.7 Å². The van der Waals surface area contributed by atoms with Crippen LogP contribution < -0.4 is 9.47 Å². The molecule has 0 atom stereocenters. The minimum atomic E-state index is -5.02. The second-order valence-corrected chi connectivity index (χ2v) is 4.96. The number of carbonyl (C=O) groups is 1. The van der Waals surface area contributed by atoms with E-state index < -0.39 is 52.0 Å². The van der Waals surface area contributed by atoms with Crippen molar-refractivity contribution in [1.29, 1.82) is 0 Å². The van der Waals surface area contributed by atoms with Gasteiger partial charge < -0.3 is 14.6 Å². The Morgan fingerprint density at radius 2 is 1.73 bits per heavy atom. The fourth-order valence-corrected chi connectivity index (χ4v) is 1.87. The average molecular weight is 402 g/mol. The molecule has 0 radical (unpaired) electrons. The lowest BCUT2D eigenvalue weighted by Crippen LogP contribution is -2.17. The van der Waals surface area contributed by atoms with Crippen molar-refractivity contribution in [2.75, 3.05) is 0 Å². The van der Waals surface area contributed by atoms with E-state index in [4.69, 9.17) is 16.3 Å². The van der Waals surface area contributed by atoms with Crippen LogP contribution in [0.1, 0.15) is 16.1 Å². The molecule has 0 unspecified atom stereocenters. The largest absolute Gasteiger partial charge is 0.573 e. The van der Waals surface area contributed by atoms with Crippen molar-refractivity contribution >= 4 is 16.8 Å². The van der Waals surface area contributed by atoms with E-state index in [-0.39, 0.29) is 0 Å². The zero-order valence-electron chi connectivity index (χ0n) is 12.2. The number of hydrogen-bond donors (Lipinski definition) is 1. The summed E-state index contributed by atoms with van der Waals surface area (Å²) in [5, 5.41) is 8.43. The number of pyridine rings is 1. The smallest absolute Gasteiger partial charge is 0.504 e. The summed E-state index contributed by atoms with van der Waals surface area (Å²) in [5.74, 6) is -2.99. The van der Waals surface area contributed by atoms with E-state index in [0.29, 0.717) is 18.3 Å². The van der Waals surface area contributed by atoms with Gasteiger partial charge in [-0.2, -0.15) is 13.2 Å². The van der Waals surface area contributed by atoms with Crippen LogP contribution in [0, 0.1) is 0 Å². The third-order valence-corrected chi connectivity index (χ3v) is 2.93. The number of hydrogen-bond acceptors (Lipinski definition) is 5. The predicted octanol–water partition coefficient (Wildman–Crippen LogP) is 4.88. The summed E-state index contributed by atoms with van der Waals surface area (Å²) in [4.78, 5) is 14.5. The molecule has 26 heavy (non-hydrogen) atoms.